The summed E-state index contributed by atoms with van der Waals surface area (Å²) in [7, 11) is 0. The number of nitrogens with two attached hydrogens (primary N) is 1. The van der Waals surface area contributed by atoms with Crippen molar-refractivity contribution in [1.82, 2.24) is 5.32 Å². The fourth-order valence-corrected chi connectivity index (χ4v) is 2.50. The van der Waals surface area contributed by atoms with Crippen LogP contribution in [-0.4, -0.2) is 11.9 Å². The number of furan rings is 1. The van der Waals surface area contributed by atoms with Crippen molar-refractivity contribution in [1.29, 1.82) is 0 Å². The maximum atomic E-state index is 12.3. The number of anilines is 1. The van der Waals surface area contributed by atoms with Gasteiger partial charge in [-0.3, -0.25) is 4.79 Å². The van der Waals surface area contributed by atoms with Crippen LogP contribution in [0.4, 0.5) is 10.5 Å². The first-order valence-electron chi connectivity index (χ1n) is 7.46. The summed E-state index contributed by atoms with van der Waals surface area (Å²) in [6.45, 7) is 2.22. The predicted molar refractivity (Wildman–Crippen MR) is 91.8 cm³/mol. The molecule has 1 aromatic heterocycles. The van der Waals surface area contributed by atoms with Gasteiger partial charge >= 0.3 is 6.03 Å². The molecule has 0 spiro atoms. The Hall–Kier alpha value is -3.28. The van der Waals surface area contributed by atoms with Gasteiger partial charge in [0.25, 0.3) is 5.91 Å². The van der Waals surface area contributed by atoms with Gasteiger partial charge in [-0.15, -0.1) is 0 Å². The molecule has 0 aliphatic rings. The minimum atomic E-state index is -0.614. The second-order valence-electron chi connectivity index (χ2n) is 5.42. The van der Waals surface area contributed by atoms with Gasteiger partial charge in [0, 0.05) is 23.2 Å². The number of rotatable bonds is 4. The number of amides is 3. The first-order chi connectivity index (χ1) is 11.5. The van der Waals surface area contributed by atoms with Crippen molar-refractivity contribution in [2.75, 3.05) is 5.32 Å². The lowest BCUT2D eigenvalue weighted by molar-refractivity contribution is 0.0924. The number of aryl methyl sites for hydroxylation is 1. The summed E-state index contributed by atoms with van der Waals surface area (Å²) in [5, 5.41) is 6.25. The SMILES string of the molecule is Cc1c(C(=O)NCc2ccc(NC(N)=O)cc2)oc2ccccc12. The van der Waals surface area contributed by atoms with Crippen LogP contribution in [0.3, 0.4) is 0 Å². The van der Waals surface area contributed by atoms with Gasteiger partial charge in [-0.25, -0.2) is 4.79 Å². The summed E-state index contributed by atoms with van der Waals surface area (Å²) in [5.41, 5.74) is 8.07. The second-order valence-corrected chi connectivity index (χ2v) is 5.42. The highest BCUT2D eigenvalue weighted by atomic mass is 16.3. The number of carbonyl (C=O) groups excluding carboxylic acids is 2. The molecule has 24 heavy (non-hydrogen) atoms. The minimum absolute atomic E-state index is 0.261. The van der Waals surface area contributed by atoms with E-state index in [0.717, 1.165) is 16.5 Å². The van der Waals surface area contributed by atoms with Crippen molar-refractivity contribution >= 4 is 28.6 Å². The second kappa shape index (κ2) is 6.45. The number of benzene rings is 2. The molecule has 2 aromatic carbocycles. The smallest absolute Gasteiger partial charge is 0.316 e. The average molecular weight is 323 g/mol. The third-order valence-electron chi connectivity index (χ3n) is 3.72. The lowest BCUT2D eigenvalue weighted by Gasteiger charge is -2.06. The summed E-state index contributed by atoms with van der Waals surface area (Å²) >= 11 is 0. The van der Waals surface area contributed by atoms with Gasteiger partial charge < -0.3 is 20.8 Å². The lowest BCUT2D eigenvalue weighted by atomic mass is 10.1. The van der Waals surface area contributed by atoms with Gasteiger partial charge in [0.1, 0.15) is 5.58 Å². The molecular weight excluding hydrogens is 306 g/mol. The Balaban J connectivity index is 1.68. The van der Waals surface area contributed by atoms with E-state index >= 15 is 0 Å². The molecule has 0 saturated heterocycles. The first-order valence-corrected chi connectivity index (χ1v) is 7.46. The van der Waals surface area contributed by atoms with Crippen molar-refractivity contribution < 1.29 is 14.0 Å². The molecule has 0 aliphatic carbocycles. The number of hydrogen-bond acceptors (Lipinski definition) is 3. The normalized spacial score (nSPS) is 10.5. The van der Waals surface area contributed by atoms with Gasteiger partial charge in [-0.2, -0.15) is 0 Å². The zero-order chi connectivity index (χ0) is 17.1. The van der Waals surface area contributed by atoms with Crippen molar-refractivity contribution in [2.24, 2.45) is 5.73 Å². The van der Waals surface area contributed by atoms with Crippen LogP contribution in [0.5, 0.6) is 0 Å². The number of hydrogen-bond donors (Lipinski definition) is 3. The van der Waals surface area contributed by atoms with Gasteiger partial charge in [0.15, 0.2) is 5.76 Å². The predicted octanol–water partition coefficient (Wildman–Crippen LogP) is 3.16. The molecular formula is C18H17N3O3. The highest BCUT2D eigenvalue weighted by Gasteiger charge is 2.16. The zero-order valence-corrected chi connectivity index (χ0v) is 13.1. The van der Waals surface area contributed by atoms with E-state index in [1.165, 1.54) is 0 Å². The molecule has 0 aliphatic heterocycles. The number of primary amides is 1. The van der Waals surface area contributed by atoms with Crippen LogP contribution in [0.25, 0.3) is 11.0 Å². The minimum Gasteiger partial charge on any atom is -0.451 e. The van der Waals surface area contributed by atoms with Crippen LogP contribution >= 0.6 is 0 Å². The van der Waals surface area contributed by atoms with E-state index in [4.69, 9.17) is 10.2 Å². The van der Waals surface area contributed by atoms with Crippen LogP contribution in [0, 0.1) is 6.92 Å². The lowest BCUT2D eigenvalue weighted by Crippen LogP contribution is -2.23. The Kier molecular flexibility index (Phi) is 4.20. The number of carbonyl (C=O) groups is 2. The molecule has 3 aromatic rings. The fourth-order valence-electron chi connectivity index (χ4n) is 2.50. The quantitative estimate of drug-likeness (QED) is 0.688. The van der Waals surface area contributed by atoms with Crippen molar-refractivity contribution in [3.05, 3.63) is 65.4 Å². The number of para-hydroxylation sites is 1. The van der Waals surface area contributed by atoms with Gasteiger partial charge in [-0.1, -0.05) is 30.3 Å². The maximum Gasteiger partial charge on any atom is 0.316 e. The van der Waals surface area contributed by atoms with Crippen LogP contribution < -0.4 is 16.4 Å². The van der Waals surface area contributed by atoms with Crippen LogP contribution in [0.2, 0.25) is 0 Å². The zero-order valence-electron chi connectivity index (χ0n) is 13.1. The monoisotopic (exact) mass is 323 g/mol. The first kappa shape index (κ1) is 15.6. The van der Waals surface area contributed by atoms with Crippen LogP contribution in [0.15, 0.2) is 52.9 Å². The van der Waals surface area contributed by atoms with Gasteiger partial charge in [0.2, 0.25) is 0 Å². The molecule has 1 heterocycles. The Morgan fingerprint density at radius 3 is 2.46 bits per heavy atom. The molecule has 4 N–H and O–H groups in total. The molecule has 0 bridgehead atoms. The Morgan fingerprint density at radius 2 is 1.79 bits per heavy atom. The third kappa shape index (κ3) is 3.22. The van der Waals surface area contributed by atoms with E-state index in [1.54, 1.807) is 24.3 Å². The molecule has 0 saturated carbocycles. The Morgan fingerprint density at radius 1 is 1.08 bits per heavy atom. The van der Waals surface area contributed by atoms with Crippen molar-refractivity contribution in [2.45, 2.75) is 13.5 Å². The van der Waals surface area contributed by atoms with Crippen LogP contribution in [-0.2, 0) is 6.54 Å². The number of urea groups is 1. The van der Waals surface area contributed by atoms with E-state index in [-0.39, 0.29) is 5.91 Å². The molecule has 0 fully saturated rings. The summed E-state index contributed by atoms with van der Waals surface area (Å²) in [5.74, 6) is 0.0613. The Bertz CT molecular complexity index is 898. The van der Waals surface area contributed by atoms with E-state index in [9.17, 15) is 9.59 Å². The summed E-state index contributed by atoms with van der Waals surface area (Å²) in [4.78, 5) is 23.1. The molecule has 3 amide bonds. The van der Waals surface area contributed by atoms with Crippen molar-refractivity contribution in [3.8, 4) is 0 Å². The van der Waals surface area contributed by atoms with E-state index in [2.05, 4.69) is 10.6 Å². The summed E-state index contributed by atoms with van der Waals surface area (Å²) in [6.07, 6.45) is 0. The fraction of sp³-hybridized carbons (Fsp3) is 0.111. The maximum absolute atomic E-state index is 12.3. The topological polar surface area (TPSA) is 97.4 Å². The molecule has 6 heteroatoms. The van der Waals surface area contributed by atoms with Crippen LogP contribution in [0.1, 0.15) is 21.7 Å². The number of nitrogens with one attached hydrogen (secondary N) is 2. The van der Waals surface area contributed by atoms with E-state index in [0.29, 0.717) is 23.6 Å². The summed E-state index contributed by atoms with van der Waals surface area (Å²) < 4.78 is 5.64. The summed E-state index contributed by atoms with van der Waals surface area (Å²) in [6, 6.07) is 14.0. The highest BCUT2D eigenvalue weighted by molar-refractivity contribution is 5.98. The largest absolute Gasteiger partial charge is 0.451 e. The Labute approximate surface area is 138 Å². The molecule has 6 nitrogen and oxygen atoms in total. The van der Waals surface area contributed by atoms with Crippen molar-refractivity contribution in [3.63, 3.8) is 0 Å². The standard InChI is InChI=1S/C18H17N3O3/c1-11-14-4-2-3-5-15(14)24-16(11)17(22)20-10-12-6-8-13(9-7-12)21-18(19)23/h2-9H,10H2,1H3,(H,20,22)(H3,19,21,23). The molecule has 0 unspecified atom stereocenters. The van der Waals surface area contributed by atoms with E-state index < -0.39 is 6.03 Å². The number of fused-ring (bicyclic) bond motifs is 1. The van der Waals surface area contributed by atoms with Gasteiger partial charge in [0.05, 0.1) is 0 Å². The highest BCUT2D eigenvalue weighted by Crippen LogP contribution is 2.24. The van der Waals surface area contributed by atoms with E-state index in [1.807, 2.05) is 31.2 Å². The average Bonchev–Trinajstić information content (AvgIpc) is 2.91. The molecule has 0 radical (unpaired) electrons. The van der Waals surface area contributed by atoms with Gasteiger partial charge in [-0.05, 0) is 30.7 Å². The third-order valence-corrected chi connectivity index (χ3v) is 3.72. The molecule has 122 valence electrons. The molecule has 0 atom stereocenters. The molecule has 3 rings (SSSR count).